The zero-order chi connectivity index (χ0) is 32.8. The number of rotatable bonds is 5. The number of benzene rings is 5. The van der Waals surface area contributed by atoms with Gasteiger partial charge in [0.15, 0.2) is 17.5 Å². The second-order valence-corrected chi connectivity index (χ2v) is 13.9. The van der Waals surface area contributed by atoms with Crippen LogP contribution in [0.25, 0.3) is 62.0 Å². The van der Waals surface area contributed by atoms with Gasteiger partial charge in [0.1, 0.15) is 0 Å². The van der Waals surface area contributed by atoms with Gasteiger partial charge in [0.05, 0.1) is 0 Å². The molecule has 0 amide bonds. The van der Waals surface area contributed by atoms with Crippen LogP contribution in [0, 0.1) is 6.92 Å². The lowest BCUT2D eigenvalue weighted by atomic mass is 9.67. The summed E-state index contributed by atoms with van der Waals surface area (Å²) < 4.78 is 0. The van der Waals surface area contributed by atoms with Gasteiger partial charge < -0.3 is 0 Å². The molecule has 1 saturated carbocycles. The third kappa shape index (κ3) is 5.25. The maximum atomic E-state index is 4.99. The van der Waals surface area contributed by atoms with Crippen molar-refractivity contribution in [1.29, 1.82) is 0 Å². The Kier molecular flexibility index (Phi) is 7.42. The summed E-state index contributed by atoms with van der Waals surface area (Å²) in [6.07, 6.45) is 14.0. The van der Waals surface area contributed by atoms with E-state index in [0.717, 1.165) is 28.7 Å². The average Bonchev–Trinajstić information content (AvgIpc) is 3.44. The Morgan fingerprint density at radius 2 is 1.04 bits per heavy atom. The summed E-state index contributed by atoms with van der Waals surface area (Å²) in [6.45, 7) is 2.20. The summed E-state index contributed by atoms with van der Waals surface area (Å²) in [5, 5.41) is 0. The molecule has 9 rings (SSSR count). The molecule has 0 saturated heterocycles. The van der Waals surface area contributed by atoms with E-state index in [-0.39, 0.29) is 5.41 Å². The normalized spacial score (nSPS) is 16.1. The molecule has 0 aliphatic heterocycles. The number of allylic oxidation sites excluding steroid dienone is 4. The number of nitrogens with zero attached hydrogens (tertiary/aromatic N) is 3. The summed E-state index contributed by atoms with van der Waals surface area (Å²) in [4.78, 5) is 14.9. The molecule has 0 bridgehead atoms. The first-order valence-electron chi connectivity index (χ1n) is 17.8. The number of fused-ring (bicyclic) bond motifs is 5. The van der Waals surface area contributed by atoms with Crippen LogP contribution in [0.2, 0.25) is 0 Å². The van der Waals surface area contributed by atoms with Crippen LogP contribution in [0.5, 0.6) is 0 Å². The minimum atomic E-state index is 0.229. The first-order valence-corrected chi connectivity index (χ1v) is 17.8. The molecule has 1 fully saturated rings. The van der Waals surface area contributed by atoms with Gasteiger partial charge in [-0.2, -0.15) is 0 Å². The summed E-state index contributed by atoms with van der Waals surface area (Å²) in [5.41, 5.74) is 15.5. The fraction of sp³-hybridized carbons (Fsp3) is 0.196. The van der Waals surface area contributed by atoms with Crippen molar-refractivity contribution in [1.82, 2.24) is 15.0 Å². The van der Waals surface area contributed by atoms with Crippen molar-refractivity contribution in [2.24, 2.45) is 0 Å². The SMILES string of the molecule is Cc1ccc(-c2ccc3c(c2)C2=CCCC=C2C32CCCCC2)cc1-c1cccc(-c2nc(-c3ccccc3)nc(-c3ccccc3)n2)c1. The summed E-state index contributed by atoms with van der Waals surface area (Å²) in [7, 11) is 0. The van der Waals surface area contributed by atoms with Crippen molar-refractivity contribution in [2.75, 3.05) is 0 Å². The minimum Gasteiger partial charge on any atom is -0.208 e. The van der Waals surface area contributed by atoms with Gasteiger partial charge >= 0.3 is 0 Å². The fourth-order valence-corrected chi connectivity index (χ4v) is 8.46. The Morgan fingerprint density at radius 3 is 1.73 bits per heavy atom. The number of hydrogen-bond acceptors (Lipinski definition) is 3. The lowest BCUT2D eigenvalue weighted by Crippen LogP contribution is -2.28. The molecule has 0 N–H and O–H groups in total. The monoisotopic (exact) mass is 633 g/mol. The molecule has 0 radical (unpaired) electrons. The Hall–Kier alpha value is -5.41. The number of aryl methyl sites for hydroxylation is 1. The predicted molar refractivity (Wildman–Crippen MR) is 202 cm³/mol. The average molecular weight is 634 g/mol. The van der Waals surface area contributed by atoms with Gasteiger partial charge in [0.2, 0.25) is 0 Å². The van der Waals surface area contributed by atoms with Crippen LogP contribution in [-0.2, 0) is 5.41 Å². The van der Waals surface area contributed by atoms with E-state index in [0.29, 0.717) is 17.5 Å². The second kappa shape index (κ2) is 12.2. The molecule has 3 aliphatic rings. The maximum absolute atomic E-state index is 4.99. The Labute approximate surface area is 289 Å². The quantitative estimate of drug-likeness (QED) is 0.190. The minimum absolute atomic E-state index is 0.229. The van der Waals surface area contributed by atoms with Crippen molar-refractivity contribution in [3.63, 3.8) is 0 Å². The maximum Gasteiger partial charge on any atom is 0.164 e. The van der Waals surface area contributed by atoms with E-state index in [1.807, 2.05) is 36.4 Å². The largest absolute Gasteiger partial charge is 0.208 e. The highest BCUT2D eigenvalue weighted by molar-refractivity contribution is 5.92. The first kappa shape index (κ1) is 29.7. The summed E-state index contributed by atoms with van der Waals surface area (Å²) >= 11 is 0. The molecular weight excluding hydrogens is 595 g/mol. The second-order valence-electron chi connectivity index (χ2n) is 13.9. The topological polar surface area (TPSA) is 38.7 Å². The zero-order valence-electron chi connectivity index (χ0n) is 28.0. The van der Waals surface area contributed by atoms with Crippen LogP contribution < -0.4 is 0 Å². The molecule has 0 atom stereocenters. The van der Waals surface area contributed by atoms with E-state index < -0.39 is 0 Å². The molecule has 1 heterocycles. The van der Waals surface area contributed by atoms with Gasteiger partial charge in [0.25, 0.3) is 0 Å². The van der Waals surface area contributed by atoms with Crippen molar-refractivity contribution in [3.05, 3.63) is 156 Å². The Morgan fingerprint density at radius 1 is 0.469 bits per heavy atom. The van der Waals surface area contributed by atoms with Gasteiger partial charge in [-0.05, 0) is 101 Å². The molecule has 1 spiro atoms. The highest BCUT2D eigenvalue weighted by Crippen LogP contribution is 2.58. The molecule has 49 heavy (non-hydrogen) atoms. The number of aromatic nitrogens is 3. The van der Waals surface area contributed by atoms with E-state index in [9.17, 15) is 0 Å². The smallest absolute Gasteiger partial charge is 0.164 e. The highest BCUT2D eigenvalue weighted by Gasteiger charge is 2.46. The Balaban J connectivity index is 1.11. The van der Waals surface area contributed by atoms with Gasteiger partial charge in [-0.25, -0.2) is 15.0 Å². The first-order chi connectivity index (χ1) is 24.2. The van der Waals surface area contributed by atoms with E-state index in [2.05, 4.69) is 104 Å². The van der Waals surface area contributed by atoms with Crippen LogP contribution in [0.1, 0.15) is 61.6 Å². The van der Waals surface area contributed by atoms with Crippen LogP contribution in [0.3, 0.4) is 0 Å². The van der Waals surface area contributed by atoms with Gasteiger partial charge in [-0.3, -0.25) is 0 Å². The third-order valence-electron chi connectivity index (χ3n) is 10.9. The standard InChI is InChI=1S/C46H39N3/c1-31-22-23-34(35-24-25-42-40(30-35)38-20-9-10-21-41(38)46(42)26-11-4-12-27-46)29-39(31)36-18-13-19-37(28-36)45-48-43(32-14-5-2-6-15-32)47-44(49-45)33-16-7-3-8-17-33/h2-3,5-8,13-25,28-30H,4,9-12,26-27H2,1H3. The fourth-order valence-electron chi connectivity index (χ4n) is 8.46. The molecule has 3 aliphatic carbocycles. The van der Waals surface area contributed by atoms with E-state index >= 15 is 0 Å². The van der Waals surface area contributed by atoms with Crippen LogP contribution in [-0.4, -0.2) is 15.0 Å². The third-order valence-corrected chi connectivity index (χ3v) is 10.9. The van der Waals surface area contributed by atoms with Gasteiger partial charge in [-0.15, -0.1) is 0 Å². The van der Waals surface area contributed by atoms with E-state index in [4.69, 9.17) is 15.0 Å². The van der Waals surface area contributed by atoms with E-state index in [1.165, 1.54) is 71.9 Å². The molecule has 6 aromatic rings. The van der Waals surface area contributed by atoms with Crippen LogP contribution in [0.15, 0.2) is 139 Å². The van der Waals surface area contributed by atoms with Crippen molar-refractivity contribution >= 4 is 5.57 Å². The van der Waals surface area contributed by atoms with Gasteiger partial charge in [-0.1, -0.05) is 135 Å². The molecule has 5 aromatic carbocycles. The lowest BCUT2D eigenvalue weighted by Gasteiger charge is -2.37. The molecule has 3 heteroatoms. The lowest BCUT2D eigenvalue weighted by molar-refractivity contribution is 0.352. The summed E-state index contributed by atoms with van der Waals surface area (Å²) in [5.74, 6) is 2.01. The summed E-state index contributed by atoms with van der Waals surface area (Å²) in [6, 6.07) is 43.2. The molecule has 238 valence electrons. The van der Waals surface area contributed by atoms with Crippen LogP contribution in [0.4, 0.5) is 0 Å². The van der Waals surface area contributed by atoms with E-state index in [1.54, 1.807) is 11.1 Å². The Bertz CT molecular complexity index is 2200. The van der Waals surface area contributed by atoms with Crippen molar-refractivity contribution in [2.45, 2.75) is 57.3 Å². The molecule has 1 aromatic heterocycles. The predicted octanol–water partition coefficient (Wildman–Crippen LogP) is 11.8. The van der Waals surface area contributed by atoms with Crippen molar-refractivity contribution < 1.29 is 0 Å². The molecule has 0 unspecified atom stereocenters. The highest BCUT2D eigenvalue weighted by atomic mass is 15.0. The zero-order valence-corrected chi connectivity index (χ0v) is 28.0. The van der Waals surface area contributed by atoms with Crippen molar-refractivity contribution in [3.8, 4) is 56.4 Å². The number of hydrogen-bond donors (Lipinski definition) is 0. The van der Waals surface area contributed by atoms with Crippen LogP contribution >= 0.6 is 0 Å². The molecule has 3 nitrogen and oxygen atoms in total. The molecular formula is C46H39N3. The van der Waals surface area contributed by atoms with Gasteiger partial charge in [0, 0.05) is 22.1 Å².